The van der Waals surface area contributed by atoms with E-state index in [-0.39, 0.29) is 18.3 Å². The van der Waals surface area contributed by atoms with Crippen LogP contribution in [0.4, 0.5) is 0 Å². The van der Waals surface area contributed by atoms with Crippen molar-refractivity contribution < 1.29 is 4.79 Å². The number of halogens is 3. The van der Waals surface area contributed by atoms with E-state index < -0.39 is 0 Å². The van der Waals surface area contributed by atoms with Gasteiger partial charge in [-0.3, -0.25) is 4.79 Å². The summed E-state index contributed by atoms with van der Waals surface area (Å²) < 4.78 is 1.80. The number of hydrogen-bond donors (Lipinski definition) is 2. The van der Waals surface area contributed by atoms with Crippen molar-refractivity contribution in [3.8, 4) is 5.69 Å². The van der Waals surface area contributed by atoms with Crippen molar-refractivity contribution in [1.82, 2.24) is 20.4 Å². The van der Waals surface area contributed by atoms with E-state index in [0.717, 1.165) is 42.1 Å². The Balaban J connectivity index is 0.00000261. The first-order valence-corrected chi connectivity index (χ1v) is 9.37. The monoisotopic (exact) mass is 428 g/mol. The van der Waals surface area contributed by atoms with Crippen molar-refractivity contribution in [3.05, 3.63) is 56.8 Å². The van der Waals surface area contributed by atoms with Gasteiger partial charge in [0.05, 0.1) is 27.8 Å². The zero-order chi connectivity index (χ0) is 18.7. The molecule has 0 atom stereocenters. The smallest absolute Gasteiger partial charge is 0.224 e. The van der Waals surface area contributed by atoms with Crippen LogP contribution in [-0.2, 0) is 11.2 Å². The van der Waals surface area contributed by atoms with Gasteiger partial charge >= 0.3 is 0 Å². The quantitative estimate of drug-likeness (QED) is 0.711. The third-order valence-corrected chi connectivity index (χ3v) is 5.34. The number of benzene rings is 1. The van der Waals surface area contributed by atoms with Crippen LogP contribution in [0.15, 0.2) is 29.8 Å². The Morgan fingerprint density at radius 1 is 1.30 bits per heavy atom. The third kappa shape index (κ3) is 5.26. The molecule has 0 unspecified atom stereocenters. The summed E-state index contributed by atoms with van der Waals surface area (Å²) in [7, 11) is 0. The molecule has 27 heavy (non-hydrogen) atoms. The molecule has 0 spiro atoms. The molecule has 0 radical (unpaired) electrons. The molecular weight excluding hydrogens is 407 g/mol. The summed E-state index contributed by atoms with van der Waals surface area (Å²) in [5.41, 5.74) is 4.80. The van der Waals surface area contributed by atoms with E-state index in [1.54, 1.807) is 16.8 Å². The number of carbonyl (C=O) groups is 1. The first-order chi connectivity index (χ1) is 12.5. The van der Waals surface area contributed by atoms with E-state index >= 15 is 0 Å². The summed E-state index contributed by atoms with van der Waals surface area (Å²) in [6.07, 6.45) is 3.43. The number of nitrogens with zero attached hydrogens (tertiary/aromatic N) is 2. The predicted octanol–water partition coefficient (Wildman–Crippen LogP) is 3.80. The lowest BCUT2D eigenvalue weighted by Crippen LogP contribution is -2.30. The van der Waals surface area contributed by atoms with Crippen LogP contribution in [0.1, 0.15) is 23.4 Å². The molecule has 1 aromatic heterocycles. The normalized spacial score (nSPS) is 13.7. The number of carbonyl (C=O) groups excluding carboxylic acids is 1. The number of hydrogen-bond acceptors (Lipinski definition) is 3. The molecule has 1 amide bonds. The molecule has 146 valence electrons. The van der Waals surface area contributed by atoms with E-state index in [9.17, 15) is 4.79 Å². The van der Waals surface area contributed by atoms with Gasteiger partial charge in [0.25, 0.3) is 0 Å². The highest BCUT2D eigenvalue weighted by atomic mass is 35.5. The second-order valence-electron chi connectivity index (χ2n) is 6.43. The van der Waals surface area contributed by atoms with Gasteiger partial charge in [0, 0.05) is 24.3 Å². The van der Waals surface area contributed by atoms with Gasteiger partial charge in [-0.2, -0.15) is 5.10 Å². The lowest BCUT2D eigenvalue weighted by molar-refractivity contribution is -0.120. The highest BCUT2D eigenvalue weighted by molar-refractivity contribution is 6.42. The molecule has 0 aliphatic carbocycles. The SMILES string of the molecule is Cc1nn(-c2ccc(Cl)c(Cl)c2)c(C)c1CC(=O)NCC1=CCNCC1.Cl. The maximum absolute atomic E-state index is 12.4. The van der Waals surface area contributed by atoms with Gasteiger partial charge in [0.2, 0.25) is 5.91 Å². The first-order valence-electron chi connectivity index (χ1n) is 8.61. The van der Waals surface area contributed by atoms with Crippen LogP contribution in [0.5, 0.6) is 0 Å². The summed E-state index contributed by atoms with van der Waals surface area (Å²) in [4.78, 5) is 12.4. The summed E-state index contributed by atoms with van der Waals surface area (Å²) in [5, 5.41) is 11.8. The Morgan fingerprint density at radius 3 is 2.74 bits per heavy atom. The van der Waals surface area contributed by atoms with Crippen molar-refractivity contribution in [3.63, 3.8) is 0 Å². The maximum atomic E-state index is 12.4. The summed E-state index contributed by atoms with van der Waals surface area (Å²) in [6.45, 7) is 6.33. The second-order valence-corrected chi connectivity index (χ2v) is 7.24. The van der Waals surface area contributed by atoms with Crippen LogP contribution >= 0.6 is 35.6 Å². The van der Waals surface area contributed by atoms with Crippen molar-refractivity contribution >= 4 is 41.5 Å². The van der Waals surface area contributed by atoms with E-state index in [1.165, 1.54) is 5.57 Å². The molecule has 0 bridgehead atoms. The number of aryl methyl sites for hydroxylation is 1. The molecule has 0 fully saturated rings. The Bertz CT molecular complexity index is 861. The lowest BCUT2D eigenvalue weighted by atomic mass is 10.1. The van der Waals surface area contributed by atoms with Gasteiger partial charge in [0.15, 0.2) is 0 Å². The molecular formula is C19H23Cl3N4O. The minimum absolute atomic E-state index is 0. The molecule has 8 heteroatoms. The lowest BCUT2D eigenvalue weighted by Gasteiger charge is -2.14. The average Bonchev–Trinajstić information content (AvgIpc) is 2.91. The van der Waals surface area contributed by atoms with Crippen LogP contribution in [0.3, 0.4) is 0 Å². The van der Waals surface area contributed by atoms with Gasteiger partial charge in [-0.15, -0.1) is 12.4 Å². The number of rotatable bonds is 5. The fourth-order valence-electron chi connectivity index (χ4n) is 3.06. The number of aromatic nitrogens is 2. The maximum Gasteiger partial charge on any atom is 0.224 e. The summed E-state index contributed by atoms with van der Waals surface area (Å²) in [6, 6.07) is 5.38. The highest BCUT2D eigenvalue weighted by Crippen LogP contribution is 2.26. The number of nitrogens with one attached hydrogen (secondary N) is 2. The Morgan fingerprint density at radius 2 is 2.07 bits per heavy atom. The number of amides is 1. The van der Waals surface area contributed by atoms with Crippen LogP contribution < -0.4 is 10.6 Å². The predicted molar refractivity (Wildman–Crippen MR) is 113 cm³/mol. The second kappa shape index (κ2) is 9.60. The molecule has 0 saturated heterocycles. The van der Waals surface area contributed by atoms with E-state index in [0.29, 0.717) is 23.0 Å². The van der Waals surface area contributed by atoms with Crippen LogP contribution in [0.2, 0.25) is 10.0 Å². The van der Waals surface area contributed by atoms with Crippen molar-refractivity contribution in [2.24, 2.45) is 0 Å². The van der Waals surface area contributed by atoms with Crippen molar-refractivity contribution in [1.29, 1.82) is 0 Å². The van der Waals surface area contributed by atoms with E-state index in [1.807, 2.05) is 19.9 Å². The molecule has 5 nitrogen and oxygen atoms in total. The minimum atomic E-state index is 0. The minimum Gasteiger partial charge on any atom is -0.352 e. The summed E-state index contributed by atoms with van der Waals surface area (Å²) in [5.74, 6) is 0.00400. The van der Waals surface area contributed by atoms with Crippen LogP contribution in [0.25, 0.3) is 5.69 Å². The molecule has 1 aliphatic rings. The molecule has 2 heterocycles. The zero-order valence-electron chi connectivity index (χ0n) is 15.3. The van der Waals surface area contributed by atoms with Crippen molar-refractivity contribution in [2.45, 2.75) is 26.7 Å². The fraction of sp³-hybridized carbons (Fsp3) is 0.368. The Kier molecular flexibility index (Phi) is 7.74. The highest BCUT2D eigenvalue weighted by Gasteiger charge is 2.16. The van der Waals surface area contributed by atoms with Gasteiger partial charge in [-0.25, -0.2) is 4.68 Å². The summed E-state index contributed by atoms with van der Waals surface area (Å²) >= 11 is 12.1. The molecule has 2 aromatic rings. The standard InChI is InChI=1S/C19H22Cl2N4O.ClH/c1-12-16(10-19(26)23-11-14-5-7-22-8-6-14)13(2)25(24-12)15-3-4-17(20)18(21)9-15;/h3-5,9,22H,6-8,10-11H2,1-2H3,(H,23,26);1H. The van der Waals surface area contributed by atoms with Crippen LogP contribution in [0, 0.1) is 13.8 Å². The van der Waals surface area contributed by atoms with E-state index in [4.69, 9.17) is 23.2 Å². The van der Waals surface area contributed by atoms with Gasteiger partial charge in [0.1, 0.15) is 0 Å². The van der Waals surface area contributed by atoms with Crippen LogP contribution in [-0.4, -0.2) is 35.3 Å². The molecule has 1 aromatic carbocycles. The molecule has 3 rings (SSSR count). The topological polar surface area (TPSA) is 59.0 Å². The van der Waals surface area contributed by atoms with Gasteiger partial charge < -0.3 is 10.6 Å². The molecule has 2 N–H and O–H groups in total. The van der Waals surface area contributed by atoms with Crippen molar-refractivity contribution in [2.75, 3.05) is 19.6 Å². The fourth-order valence-corrected chi connectivity index (χ4v) is 3.36. The van der Waals surface area contributed by atoms with E-state index in [2.05, 4.69) is 21.8 Å². The van der Waals surface area contributed by atoms with Gasteiger partial charge in [-0.05, 0) is 45.0 Å². The molecule has 0 saturated carbocycles. The Labute approximate surface area is 175 Å². The largest absolute Gasteiger partial charge is 0.352 e. The zero-order valence-corrected chi connectivity index (χ0v) is 17.6. The molecule has 1 aliphatic heterocycles. The first kappa shape index (κ1) is 21.8. The third-order valence-electron chi connectivity index (χ3n) is 4.60. The van der Waals surface area contributed by atoms with Gasteiger partial charge in [-0.1, -0.05) is 34.9 Å². The Hall–Kier alpha value is -1.53. The average molecular weight is 430 g/mol.